The molecule has 0 heterocycles. The zero-order chi connectivity index (χ0) is 13.5. The van der Waals surface area contributed by atoms with Gasteiger partial charge in [0.25, 0.3) is 0 Å². The first-order valence-electron chi connectivity index (χ1n) is 6.31. The molecule has 0 fully saturated rings. The highest BCUT2D eigenvalue weighted by atomic mass is 16.5. The highest BCUT2D eigenvalue weighted by Gasteiger charge is 2.17. The van der Waals surface area contributed by atoms with Crippen LogP contribution in [0.25, 0.3) is 0 Å². The van der Waals surface area contributed by atoms with Crippen LogP contribution in [0.15, 0.2) is 24.3 Å². The van der Waals surface area contributed by atoms with E-state index in [1.807, 2.05) is 38.1 Å². The average Bonchev–Trinajstić information content (AvgIpc) is 2.39. The summed E-state index contributed by atoms with van der Waals surface area (Å²) in [6.07, 6.45) is 0.649. The molecular formula is C14H22N2O2. The Bertz CT molecular complexity index is 393. The summed E-state index contributed by atoms with van der Waals surface area (Å²) in [7, 11) is 1.76. The Morgan fingerprint density at radius 1 is 1.39 bits per heavy atom. The second-order valence-corrected chi connectivity index (χ2v) is 4.25. The minimum absolute atomic E-state index is 0.0381. The van der Waals surface area contributed by atoms with E-state index in [-0.39, 0.29) is 5.91 Å². The second kappa shape index (κ2) is 7.01. The fraction of sp³-hybridized carbons (Fsp3) is 0.500. The van der Waals surface area contributed by atoms with Gasteiger partial charge < -0.3 is 15.4 Å². The summed E-state index contributed by atoms with van der Waals surface area (Å²) in [6.45, 7) is 4.98. The van der Waals surface area contributed by atoms with Gasteiger partial charge in [0.2, 0.25) is 5.91 Å². The summed E-state index contributed by atoms with van der Waals surface area (Å²) >= 11 is 0. The van der Waals surface area contributed by atoms with Crippen LogP contribution in [0.1, 0.15) is 25.8 Å². The summed E-state index contributed by atoms with van der Waals surface area (Å²) in [5, 5.41) is 0. The number of amides is 1. The number of ether oxygens (including phenoxy) is 1. The quantitative estimate of drug-likeness (QED) is 0.837. The smallest absolute Gasteiger partial charge is 0.239 e. The zero-order valence-corrected chi connectivity index (χ0v) is 11.3. The van der Waals surface area contributed by atoms with E-state index in [4.69, 9.17) is 10.5 Å². The van der Waals surface area contributed by atoms with Crippen LogP contribution < -0.4 is 10.5 Å². The van der Waals surface area contributed by atoms with Crippen molar-refractivity contribution < 1.29 is 9.53 Å². The average molecular weight is 250 g/mol. The molecule has 0 aliphatic heterocycles. The molecule has 0 saturated carbocycles. The molecule has 1 atom stereocenters. The van der Waals surface area contributed by atoms with E-state index in [9.17, 15) is 4.79 Å². The molecule has 0 spiro atoms. The summed E-state index contributed by atoms with van der Waals surface area (Å²) in [6, 6.07) is 7.32. The minimum atomic E-state index is -0.422. The molecule has 4 nitrogen and oxygen atoms in total. The van der Waals surface area contributed by atoms with E-state index in [0.29, 0.717) is 19.6 Å². The van der Waals surface area contributed by atoms with Crippen LogP contribution in [0.2, 0.25) is 0 Å². The van der Waals surface area contributed by atoms with Crippen LogP contribution in [0.5, 0.6) is 5.75 Å². The van der Waals surface area contributed by atoms with Crippen molar-refractivity contribution in [3.63, 3.8) is 0 Å². The summed E-state index contributed by atoms with van der Waals surface area (Å²) < 4.78 is 5.54. The first-order valence-corrected chi connectivity index (χ1v) is 6.31. The van der Waals surface area contributed by atoms with Crippen molar-refractivity contribution in [2.75, 3.05) is 13.7 Å². The molecule has 0 aliphatic carbocycles. The molecule has 0 unspecified atom stereocenters. The van der Waals surface area contributed by atoms with Crippen molar-refractivity contribution >= 4 is 5.91 Å². The van der Waals surface area contributed by atoms with Crippen molar-refractivity contribution in [1.29, 1.82) is 0 Å². The number of nitrogens with two attached hydrogens (primary N) is 1. The topological polar surface area (TPSA) is 55.6 Å². The number of rotatable bonds is 6. The molecule has 0 aliphatic rings. The molecule has 0 saturated heterocycles. The van der Waals surface area contributed by atoms with Gasteiger partial charge in [-0.25, -0.2) is 0 Å². The molecule has 4 heteroatoms. The van der Waals surface area contributed by atoms with Gasteiger partial charge in [0.1, 0.15) is 5.75 Å². The Labute approximate surface area is 109 Å². The minimum Gasteiger partial charge on any atom is -0.494 e. The second-order valence-electron chi connectivity index (χ2n) is 4.25. The van der Waals surface area contributed by atoms with Crippen LogP contribution in [0.4, 0.5) is 0 Å². The molecule has 0 radical (unpaired) electrons. The fourth-order valence-electron chi connectivity index (χ4n) is 1.72. The van der Waals surface area contributed by atoms with Gasteiger partial charge >= 0.3 is 0 Å². The van der Waals surface area contributed by atoms with E-state index in [1.165, 1.54) is 0 Å². The molecule has 1 rings (SSSR count). The van der Waals surface area contributed by atoms with Crippen molar-refractivity contribution in [3.8, 4) is 5.75 Å². The highest BCUT2D eigenvalue weighted by molar-refractivity contribution is 5.81. The third-order valence-corrected chi connectivity index (χ3v) is 2.81. The van der Waals surface area contributed by atoms with E-state index in [2.05, 4.69) is 0 Å². The molecule has 1 aromatic rings. The first kappa shape index (κ1) is 14.5. The van der Waals surface area contributed by atoms with Crippen molar-refractivity contribution in [1.82, 2.24) is 4.90 Å². The molecule has 2 N–H and O–H groups in total. The van der Waals surface area contributed by atoms with E-state index in [0.717, 1.165) is 11.3 Å². The number of likely N-dealkylation sites (N-methyl/N-ethyl adjacent to an activating group) is 1. The molecular weight excluding hydrogens is 228 g/mol. The highest BCUT2D eigenvalue weighted by Crippen LogP contribution is 2.19. The van der Waals surface area contributed by atoms with Crippen LogP contribution in [-0.2, 0) is 11.3 Å². The standard InChI is InChI=1S/C14H22N2O2/c1-4-12(15)14(17)16(3)10-11-8-6-7-9-13(11)18-5-2/h6-9,12H,4-5,10,15H2,1-3H3/t12-/m0/s1. The number of carbonyl (C=O) groups is 1. The Hall–Kier alpha value is -1.55. The predicted molar refractivity (Wildman–Crippen MR) is 72.4 cm³/mol. The number of hydrogen-bond donors (Lipinski definition) is 1. The number of para-hydroxylation sites is 1. The molecule has 100 valence electrons. The van der Waals surface area contributed by atoms with Crippen molar-refractivity contribution in [2.24, 2.45) is 5.73 Å². The van der Waals surface area contributed by atoms with Gasteiger partial charge in [0.05, 0.1) is 12.6 Å². The van der Waals surface area contributed by atoms with Gasteiger partial charge in [0.15, 0.2) is 0 Å². The predicted octanol–water partition coefficient (Wildman–Crippen LogP) is 1.78. The summed E-state index contributed by atoms with van der Waals surface area (Å²) in [5.74, 6) is 0.786. The van der Waals surface area contributed by atoms with Gasteiger partial charge in [-0.1, -0.05) is 25.1 Å². The van der Waals surface area contributed by atoms with E-state index >= 15 is 0 Å². The number of carbonyl (C=O) groups excluding carboxylic acids is 1. The lowest BCUT2D eigenvalue weighted by Crippen LogP contribution is -2.40. The Morgan fingerprint density at radius 3 is 2.67 bits per heavy atom. The molecule has 1 aromatic carbocycles. The number of nitrogens with zero attached hydrogens (tertiary/aromatic N) is 1. The Kier molecular flexibility index (Phi) is 5.65. The lowest BCUT2D eigenvalue weighted by Gasteiger charge is -2.21. The maximum Gasteiger partial charge on any atom is 0.239 e. The van der Waals surface area contributed by atoms with Crippen molar-refractivity contribution in [2.45, 2.75) is 32.9 Å². The van der Waals surface area contributed by atoms with Gasteiger partial charge in [0, 0.05) is 19.2 Å². The largest absolute Gasteiger partial charge is 0.494 e. The van der Waals surface area contributed by atoms with Crippen molar-refractivity contribution in [3.05, 3.63) is 29.8 Å². The van der Waals surface area contributed by atoms with E-state index < -0.39 is 6.04 Å². The van der Waals surface area contributed by atoms with Gasteiger partial charge in [-0.05, 0) is 19.4 Å². The van der Waals surface area contributed by atoms with E-state index in [1.54, 1.807) is 11.9 Å². The maximum atomic E-state index is 11.9. The number of hydrogen-bond acceptors (Lipinski definition) is 3. The lowest BCUT2D eigenvalue weighted by molar-refractivity contribution is -0.131. The third-order valence-electron chi connectivity index (χ3n) is 2.81. The summed E-state index contributed by atoms with van der Waals surface area (Å²) in [4.78, 5) is 13.6. The first-order chi connectivity index (χ1) is 8.60. The van der Waals surface area contributed by atoms with Crippen LogP contribution in [0, 0.1) is 0 Å². The Balaban J connectivity index is 2.75. The third kappa shape index (κ3) is 3.74. The molecule has 0 bridgehead atoms. The van der Waals surface area contributed by atoms with Crippen LogP contribution in [-0.4, -0.2) is 30.5 Å². The van der Waals surface area contributed by atoms with Gasteiger partial charge in [-0.2, -0.15) is 0 Å². The number of benzene rings is 1. The maximum absolute atomic E-state index is 11.9. The summed E-state index contributed by atoms with van der Waals surface area (Å²) in [5.41, 5.74) is 6.74. The monoisotopic (exact) mass is 250 g/mol. The SMILES string of the molecule is CCOc1ccccc1CN(C)C(=O)[C@@H](N)CC. The molecule has 0 aromatic heterocycles. The van der Waals surface area contributed by atoms with Gasteiger partial charge in [-0.3, -0.25) is 4.79 Å². The zero-order valence-electron chi connectivity index (χ0n) is 11.3. The van der Waals surface area contributed by atoms with Crippen LogP contribution >= 0.6 is 0 Å². The molecule has 18 heavy (non-hydrogen) atoms. The normalized spacial score (nSPS) is 12.0. The van der Waals surface area contributed by atoms with Gasteiger partial charge in [-0.15, -0.1) is 0 Å². The lowest BCUT2D eigenvalue weighted by atomic mass is 10.1. The van der Waals surface area contributed by atoms with Crippen LogP contribution in [0.3, 0.4) is 0 Å². The Morgan fingerprint density at radius 2 is 2.06 bits per heavy atom. The fourth-order valence-corrected chi connectivity index (χ4v) is 1.72. The molecule has 1 amide bonds.